The van der Waals surface area contributed by atoms with Crippen molar-refractivity contribution in [3.05, 3.63) is 54.1 Å². The fraction of sp³-hybridized carbons (Fsp3) is 0.364. The smallest absolute Gasteiger partial charge is 0.241 e. The summed E-state index contributed by atoms with van der Waals surface area (Å²) in [6.45, 7) is 6.85. The van der Waals surface area contributed by atoms with E-state index in [1.807, 2.05) is 19.1 Å². The number of carbonyl (C=O) groups is 2. The third kappa shape index (κ3) is 4.70. The molecule has 0 radical (unpaired) electrons. The van der Waals surface area contributed by atoms with Crippen LogP contribution in [0.25, 0.3) is 0 Å². The number of Topliss-reactive ketones (excluding diaryl/α,β-unsaturated/α-hetero) is 1. The maximum atomic E-state index is 12.6. The number of nitrogens with one attached hydrogen (secondary N) is 1. The van der Waals surface area contributed by atoms with Gasteiger partial charge in [-0.3, -0.25) is 14.5 Å². The Bertz CT molecular complexity index is 810. The molecule has 0 spiro atoms. The fourth-order valence-corrected chi connectivity index (χ4v) is 3.36. The van der Waals surface area contributed by atoms with Gasteiger partial charge in [0.1, 0.15) is 5.75 Å². The van der Waals surface area contributed by atoms with E-state index in [1.54, 1.807) is 31.4 Å². The van der Waals surface area contributed by atoms with Crippen molar-refractivity contribution in [2.75, 3.05) is 43.5 Å². The van der Waals surface area contributed by atoms with Crippen molar-refractivity contribution in [2.24, 2.45) is 0 Å². The number of methoxy groups -OCH3 is 1. The van der Waals surface area contributed by atoms with Crippen LogP contribution in [0.15, 0.2) is 48.5 Å². The molecule has 0 saturated carbocycles. The molecule has 1 atom stereocenters. The lowest BCUT2D eigenvalue weighted by atomic mass is 10.1. The van der Waals surface area contributed by atoms with Gasteiger partial charge in [-0.05, 0) is 62.4 Å². The molecule has 1 amide bonds. The predicted octanol–water partition coefficient (Wildman–Crippen LogP) is 3.05. The summed E-state index contributed by atoms with van der Waals surface area (Å²) < 4.78 is 5.21. The Morgan fingerprint density at radius 2 is 1.57 bits per heavy atom. The van der Waals surface area contributed by atoms with Crippen LogP contribution in [0.1, 0.15) is 24.2 Å². The van der Waals surface area contributed by atoms with E-state index in [0.29, 0.717) is 11.3 Å². The molecule has 1 unspecified atom stereocenters. The molecule has 0 aliphatic carbocycles. The summed E-state index contributed by atoms with van der Waals surface area (Å²) in [4.78, 5) is 28.5. The van der Waals surface area contributed by atoms with Gasteiger partial charge in [0.05, 0.1) is 13.2 Å². The number of ether oxygens (including phenoxy) is 1. The summed E-state index contributed by atoms with van der Waals surface area (Å²) in [6, 6.07) is 14.8. The first-order chi connectivity index (χ1) is 13.5. The van der Waals surface area contributed by atoms with Crippen LogP contribution >= 0.6 is 0 Å². The van der Waals surface area contributed by atoms with Gasteiger partial charge < -0.3 is 15.0 Å². The maximum absolute atomic E-state index is 12.6. The quantitative estimate of drug-likeness (QED) is 0.780. The van der Waals surface area contributed by atoms with Gasteiger partial charge in [0.25, 0.3) is 0 Å². The number of carbonyl (C=O) groups excluding carboxylic acids is 2. The molecule has 1 fully saturated rings. The molecule has 1 saturated heterocycles. The highest BCUT2D eigenvalue weighted by molar-refractivity contribution is 5.97. The molecule has 28 heavy (non-hydrogen) atoms. The van der Waals surface area contributed by atoms with Crippen molar-refractivity contribution < 1.29 is 14.3 Å². The number of piperazine rings is 1. The minimum Gasteiger partial charge on any atom is -0.497 e. The van der Waals surface area contributed by atoms with Crippen LogP contribution in [0, 0.1) is 0 Å². The van der Waals surface area contributed by atoms with Gasteiger partial charge in [0.15, 0.2) is 5.78 Å². The van der Waals surface area contributed by atoms with E-state index in [-0.39, 0.29) is 17.7 Å². The molecular weight excluding hydrogens is 354 g/mol. The second kappa shape index (κ2) is 8.89. The SMILES string of the molecule is COc1ccc(N2CCN(C(C)C(=O)Nc3ccc(C(C)=O)cc3)CC2)cc1. The second-order valence-corrected chi connectivity index (χ2v) is 7.02. The Morgan fingerprint density at radius 1 is 0.964 bits per heavy atom. The number of nitrogens with zero attached hydrogens (tertiary/aromatic N) is 2. The first kappa shape index (κ1) is 19.9. The Morgan fingerprint density at radius 3 is 2.11 bits per heavy atom. The van der Waals surface area contributed by atoms with E-state index in [4.69, 9.17) is 4.74 Å². The molecule has 0 aromatic heterocycles. The number of ketones is 1. The third-order valence-electron chi connectivity index (χ3n) is 5.24. The molecule has 0 bridgehead atoms. The molecule has 1 heterocycles. The van der Waals surface area contributed by atoms with Gasteiger partial charge in [0, 0.05) is 43.1 Å². The molecule has 1 N–H and O–H groups in total. The Labute approximate surface area is 166 Å². The standard InChI is InChI=1S/C22H27N3O3/c1-16(22(27)23-19-6-4-18(5-7-19)17(2)26)24-12-14-25(15-13-24)20-8-10-21(28-3)11-9-20/h4-11,16H,12-15H2,1-3H3,(H,23,27). The average molecular weight is 381 g/mol. The second-order valence-electron chi connectivity index (χ2n) is 7.02. The van der Waals surface area contributed by atoms with E-state index in [9.17, 15) is 9.59 Å². The van der Waals surface area contributed by atoms with Crippen LogP contribution < -0.4 is 15.0 Å². The van der Waals surface area contributed by atoms with E-state index in [2.05, 4.69) is 27.2 Å². The number of hydrogen-bond donors (Lipinski definition) is 1. The summed E-state index contributed by atoms with van der Waals surface area (Å²) in [5.74, 6) is 0.832. The first-order valence-electron chi connectivity index (χ1n) is 9.53. The molecule has 2 aromatic rings. The Hall–Kier alpha value is -2.86. The average Bonchev–Trinajstić information content (AvgIpc) is 2.73. The Balaban J connectivity index is 1.52. The topological polar surface area (TPSA) is 61.9 Å². The monoisotopic (exact) mass is 381 g/mol. The number of benzene rings is 2. The van der Waals surface area contributed by atoms with Gasteiger partial charge in [-0.1, -0.05) is 0 Å². The number of anilines is 2. The fourth-order valence-electron chi connectivity index (χ4n) is 3.36. The zero-order valence-electron chi connectivity index (χ0n) is 16.6. The summed E-state index contributed by atoms with van der Waals surface area (Å²) in [6.07, 6.45) is 0. The minimum atomic E-state index is -0.217. The molecule has 148 valence electrons. The van der Waals surface area contributed by atoms with Crippen molar-refractivity contribution in [2.45, 2.75) is 19.9 Å². The molecule has 1 aliphatic rings. The van der Waals surface area contributed by atoms with Crippen LogP contribution in [0.5, 0.6) is 5.75 Å². The van der Waals surface area contributed by atoms with E-state index in [1.165, 1.54) is 12.6 Å². The van der Waals surface area contributed by atoms with Crippen LogP contribution in [-0.4, -0.2) is 55.9 Å². The van der Waals surface area contributed by atoms with Crippen molar-refractivity contribution in [1.29, 1.82) is 0 Å². The molecule has 2 aromatic carbocycles. The highest BCUT2D eigenvalue weighted by atomic mass is 16.5. The van der Waals surface area contributed by atoms with E-state index in [0.717, 1.165) is 31.9 Å². The van der Waals surface area contributed by atoms with Crippen LogP contribution in [0.3, 0.4) is 0 Å². The van der Waals surface area contributed by atoms with Crippen molar-refractivity contribution >= 4 is 23.1 Å². The maximum Gasteiger partial charge on any atom is 0.241 e. The highest BCUT2D eigenvalue weighted by Crippen LogP contribution is 2.21. The van der Waals surface area contributed by atoms with Crippen molar-refractivity contribution in [3.8, 4) is 5.75 Å². The lowest BCUT2D eigenvalue weighted by Gasteiger charge is -2.38. The lowest BCUT2D eigenvalue weighted by Crippen LogP contribution is -2.52. The zero-order valence-corrected chi connectivity index (χ0v) is 16.6. The summed E-state index contributed by atoms with van der Waals surface area (Å²) >= 11 is 0. The van der Waals surface area contributed by atoms with Gasteiger partial charge in [-0.15, -0.1) is 0 Å². The zero-order chi connectivity index (χ0) is 20.1. The first-order valence-corrected chi connectivity index (χ1v) is 9.53. The molecule has 1 aliphatic heterocycles. The number of rotatable bonds is 6. The highest BCUT2D eigenvalue weighted by Gasteiger charge is 2.25. The summed E-state index contributed by atoms with van der Waals surface area (Å²) in [5, 5.41) is 2.94. The van der Waals surface area contributed by atoms with Crippen LogP contribution in [-0.2, 0) is 4.79 Å². The van der Waals surface area contributed by atoms with Gasteiger partial charge in [0.2, 0.25) is 5.91 Å². The third-order valence-corrected chi connectivity index (χ3v) is 5.24. The van der Waals surface area contributed by atoms with Crippen molar-refractivity contribution in [1.82, 2.24) is 4.90 Å². The van der Waals surface area contributed by atoms with Crippen LogP contribution in [0.2, 0.25) is 0 Å². The van der Waals surface area contributed by atoms with Gasteiger partial charge in [-0.25, -0.2) is 0 Å². The minimum absolute atomic E-state index is 0.0148. The predicted molar refractivity (Wildman–Crippen MR) is 111 cm³/mol. The Kier molecular flexibility index (Phi) is 6.31. The summed E-state index contributed by atoms with van der Waals surface area (Å²) in [7, 11) is 1.66. The van der Waals surface area contributed by atoms with Gasteiger partial charge in [-0.2, -0.15) is 0 Å². The largest absolute Gasteiger partial charge is 0.497 e. The molecule has 3 rings (SSSR count). The van der Waals surface area contributed by atoms with Gasteiger partial charge >= 0.3 is 0 Å². The molecule has 6 nitrogen and oxygen atoms in total. The lowest BCUT2D eigenvalue weighted by molar-refractivity contribution is -0.120. The molecular formula is C22H27N3O3. The molecule has 6 heteroatoms. The van der Waals surface area contributed by atoms with E-state index >= 15 is 0 Å². The van der Waals surface area contributed by atoms with Crippen molar-refractivity contribution in [3.63, 3.8) is 0 Å². The summed E-state index contributed by atoms with van der Waals surface area (Å²) in [5.41, 5.74) is 2.52. The normalized spacial score (nSPS) is 15.8. The van der Waals surface area contributed by atoms with E-state index < -0.39 is 0 Å². The number of hydrogen-bond acceptors (Lipinski definition) is 5. The van der Waals surface area contributed by atoms with Crippen LogP contribution in [0.4, 0.5) is 11.4 Å². The number of amides is 1.